The second-order valence-electron chi connectivity index (χ2n) is 10.3. The molecule has 0 saturated carbocycles. The van der Waals surface area contributed by atoms with Crippen LogP contribution in [0.1, 0.15) is 54.8 Å². The number of hydrogen-bond acceptors (Lipinski definition) is 4. The summed E-state index contributed by atoms with van der Waals surface area (Å²) in [4.78, 5) is 9.38. The lowest BCUT2D eigenvalue weighted by molar-refractivity contribution is -0.772. The van der Waals surface area contributed by atoms with E-state index in [1.54, 1.807) is 6.20 Å². The summed E-state index contributed by atoms with van der Waals surface area (Å²) in [6.45, 7) is 9.91. The number of nitrogens with zero attached hydrogens (tertiary/aromatic N) is 4. The molecule has 1 aliphatic rings. The Morgan fingerprint density at radius 2 is 1.87 bits per heavy atom. The number of allylic oxidation sites excluding steroid dienone is 1. The van der Waals surface area contributed by atoms with Gasteiger partial charge in [-0.3, -0.25) is 9.97 Å². The standard InChI is InChI=1S/C31H31FN5.C2H6/c1-5-28(23-15-22-7-6-13-35-31(22)24(16-23)18-33)34-14-12-26-17-27(29-19-37(29,3)4)20(2)30(36-26)21-8-10-25(32)11-9-21;1-2/h5-11,13,15-17,29,34H,12,14,19H2,1-4H3;1-2H3/q+1;/b28-5-;. The number of aromatic nitrogens is 2. The van der Waals surface area contributed by atoms with Crippen LogP contribution in [0, 0.1) is 24.1 Å². The molecule has 5 rings (SSSR count). The third kappa shape index (κ3) is 6.00. The van der Waals surface area contributed by atoms with Crippen molar-refractivity contribution in [2.24, 2.45) is 0 Å². The molecule has 0 aliphatic carbocycles. The van der Waals surface area contributed by atoms with Gasteiger partial charge in [0.1, 0.15) is 18.4 Å². The number of halogens is 1. The lowest BCUT2D eigenvalue weighted by Gasteiger charge is -2.16. The topological polar surface area (TPSA) is 61.6 Å². The van der Waals surface area contributed by atoms with E-state index in [4.69, 9.17) is 4.98 Å². The van der Waals surface area contributed by atoms with Gasteiger partial charge >= 0.3 is 0 Å². The van der Waals surface area contributed by atoms with Gasteiger partial charge in [-0.2, -0.15) is 5.26 Å². The average Bonchev–Trinajstić information content (AvgIpc) is 3.60. The average molecular weight is 523 g/mol. The molecule has 1 aliphatic heterocycles. The van der Waals surface area contributed by atoms with E-state index in [1.807, 2.05) is 57.2 Å². The van der Waals surface area contributed by atoms with E-state index in [9.17, 15) is 9.65 Å². The molecule has 39 heavy (non-hydrogen) atoms. The zero-order chi connectivity index (χ0) is 28.2. The largest absolute Gasteiger partial charge is 0.384 e. The lowest BCUT2D eigenvalue weighted by Crippen LogP contribution is -2.17. The third-order valence-electron chi connectivity index (χ3n) is 7.32. The molecule has 6 heteroatoms. The van der Waals surface area contributed by atoms with Crippen LogP contribution in [0.4, 0.5) is 4.39 Å². The highest BCUT2D eigenvalue weighted by atomic mass is 19.1. The molecule has 1 fully saturated rings. The van der Waals surface area contributed by atoms with E-state index in [-0.39, 0.29) is 5.82 Å². The fourth-order valence-corrected chi connectivity index (χ4v) is 5.05. The minimum atomic E-state index is -0.245. The number of rotatable bonds is 7. The van der Waals surface area contributed by atoms with Crippen LogP contribution in [0.15, 0.2) is 66.9 Å². The summed E-state index contributed by atoms with van der Waals surface area (Å²) in [5.41, 5.74) is 8.56. The van der Waals surface area contributed by atoms with Crippen LogP contribution in [0.2, 0.25) is 0 Å². The van der Waals surface area contributed by atoms with Crippen LogP contribution in [-0.4, -0.2) is 41.6 Å². The monoisotopic (exact) mass is 522 g/mol. The van der Waals surface area contributed by atoms with Crippen molar-refractivity contribution in [3.8, 4) is 17.3 Å². The van der Waals surface area contributed by atoms with Crippen LogP contribution in [0.3, 0.4) is 0 Å². The second-order valence-corrected chi connectivity index (χ2v) is 10.3. The Morgan fingerprint density at radius 1 is 1.15 bits per heavy atom. The Labute approximate surface area is 231 Å². The summed E-state index contributed by atoms with van der Waals surface area (Å²) in [5, 5.41) is 14.1. The Bertz CT molecular complexity index is 1550. The maximum Gasteiger partial charge on any atom is 0.164 e. The maximum absolute atomic E-state index is 13.6. The van der Waals surface area contributed by atoms with Crippen molar-refractivity contribution in [1.29, 1.82) is 5.26 Å². The van der Waals surface area contributed by atoms with Gasteiger partial charge in [0, 0.05) is 47.1 Å². The molecule has 1 unspecified atom stereocenters. The van der Waals surface area contributed by atoms with Crippen LogP contribution in [0.5, 0.6) is 0 Å². The first-order valence-electron chi connectivity index (χ1n) is 13.6. The highest BCUT2D eigenvalue weighted by molar-refractivity contribution is 5.87. The SMILES string of the molecule is C/C=C(\NCCc1cc(C2C[N+]2(C)C)c(C)c(-c2ccc(F)cc2)n1)c1cc(C#N)c2ncccc2c1.CC. The van der Waals surface area contributed by atoms with E-state index in [0.717, 1.165) is 56.6 Å². The molecule has 2 aromatic heterocycles. The molecule has 200 valence electrons. The smallest absolute Gasteiger partial charge is 0.164 e. The van der Waals surface area contributed by atoms with E-state index >= 15 is 0 Å². The number of likely N-dealkylation sites (N-methyl/N-ethyl adjacent to an activating group) is 1. The van der Waals surface area contributed by atoms with Gasteiger partial charge in [0.15, 0.2) is 6.04 Å². The zero-order valence-corrected chi connectivity index (χ0v) is 23.7. The van der Waals surface area contributed by atoms with Gasteiger partial charge < -0.3 is 9.80 Å². The second kappa shape index (κ2) is 11.8. The molecule has 4 aromatic rings. The van der Waals surface area contributed by atoms with Crippen molar-refractivity contribution in [2.45, 2.75) is 40.2 Å². The molecular formula is C33H37FN5+. The summed E-state index contributed by atoms with van der Waals surface area (Å²) in [6, 6.07) is 19.4. The number of nitriles is 1. The zero-order valence-electron chi connectivity index (χ0n) is 23.7. The Morgan fingerprint density at radius 3 is 2.51 bits per heavy atom. The first-order chi connectivity index (χ1) is 18.8. The van der Waals surface area contributed by atoms with Gasteiger partial charge in [0.05, 0.1) is 30.9 Å². The van der Waals surface area contributed by atoms with E-state index in [0.29, 0.717) is 18.2 Å². The van der Waals surface area contributed by atoms with Crippen molar-refractivity contribution in [3.05, 3.63) is 101 Å². The van der Waals surface area contributed by atoms with Gasteiger partial charge in [-0.15, -0.1) is 0 Å². The van der Waals surface area contributed by atoms with Crippen molar-refractivity contribution in [2.75, 3.05) is 27.2 Å². The molecule has 1 saturated heterocycles. The first kappa shape index (κ1) is 27.9. The van der Waals surface area contributed by atoms with Gasteiger partial charge in [0.25, 0.3) is 0 Å². The van der Waals surface area contributed by atoms with Crippen molar-refractivity contribution in [1.82, 2.24) is 15.3 Å². The molecule has 3 heterocycles. The molecular weight excluding hydrogens is 485 g/mol. The predicted octanol–water partition coefficient (Wildman–Crippen LogP) is 6.97. The summed E-state index contributed by atoms with van der Waals surface area (Å²) >= 11 is 0. The molecule has 2 aromatic carbocycles. The Kier molecular flexibility index (Phi) is 8.42. The summed E-state index contributed by atoms with van der Waals surface area (Å²) in [5.74, 6) is -0.245. The van der Waals surface area contributed by atoms with Gasteiger partial charge in [-0.25, -0.2) is 4.39 Å². The summed E-state index contributed by atoms with van der Waals surface area (Å²) in [7, 11) is 4.49. The summed E-state index contributed by atoms with van der Waals surface area (Å²) < 4.78 is 14.6. The van der Waals surface area contributed by atoms with E-state index < -0.39 is 0 Å². The van der Waals surface area contributed by atoms with Crippen LogP contribution >= 0.6 is 0 Å². The highest BCUT2D eigenvalue weighted by Gasteiger charge is 2.49. The number of pyridine rings is 2. The minimum absolute atomic E-state index is 0.245. The molecule has 1 atom stereocenters. The molecule has 0 amide bonds. The number of nitrogens with one attached hydrogen (secondary N) is 1. The molecule has 0 bridgehead atoms. The quantitative estimate of drug-likeness (QED) is 0.210. The highest BCUT2D eigenvalue weighted by Crippen LogP contribution is 2.43. The van der Waals surface area contributed by atoms with Gasteiger partial charge in [-0.05, 0) is 73.5 Å². The molecule has 1 N–H and O–H groups in total. The van der Waals surface area contributed by atoms with Gasteiger partial charge in [0.2, 0.25) is 0 Å². The maximum atomic E-state index is 13.6. The molecule has 5 nitrogen and oxygen atoms in total. The van der Waals surface area contributed by atoms with Crippen molar-refractivity contribution >= 4 is 16.6 Å². The Hall–Kier alpha value is -4.08. The molecule has 0 radical (unpaired) electrons. The van der Waals surface area contributed by atoms with Crippen LogP contribution in [0.25, 0.3) is 27.9 Å². The number of quaternary nitrogens is 1. The molecule has 0 spiro atoms. The summed E-state index contributed by atoms with van der Waals surface area (Å²) in [6.07, 6.45) is 4.47. The van der Waals surface area contributed by atoms with E-state index in [1.165, 1.54) is 23.3 Å². The Balaban J connectivity index is 0.00000172. The minimum Gasteiger partial charge on any atom is -0.384 e. The van der Waals surface area contributed by atoms with Crippen LogP contribution in [-0.2, 0) is 6.42 Å². The van der Waals surface area contributed by atoms with Crippen molar-refractivity contribution < 1.29 is 8.87 Å². The number of fused-ring (bicyclic) bond motifs is 1. The normalized spacial score (nSPS) is 15.7. The third-order valence-corrected chi connectivity index (χ3v) is 7.32. The lowest BCUT2D eigenvalue weighted by atomic mass is 9.98. The first-order valence-corrected chi connectivity index (χ1v) is 13.6. The fraction of sp³-hybridized carbons (Fsp3) is 0.303. The van der Waals surface area contributed by atoms with E-state index in [2.05, 4.69) is 49.5 Å². The number of benzene rings is 2. The fourth-order valence-electron chi connectivity index (χ4n) is 5.05. The van der Waals surface area contributed by atoms with Crippen molar-refractivity contribution in [3.63, 3.8) is 0 Å². The van der Waals surface area contributed by atoms with Gasteiger partial charge in [-0.1, -0.05) is 26.0 Å². The predicted molar refractivity (Wildman–Crippen MR) is 157 cm³/mol. The number of hydrogen-bond donors (Lipinski definition) is 1. The van der Waals surface area contributed by atoms with Crippen LogP contribution < -0.4 is 5.32 Å².